The monoisotopic (exact) mass is 313 g/mol. The number of para-hydroxylation sites is 1. The molecule has 3 atom stereocenters. The van der Waals surface area contributed by atoms with Crippen LogP contribution in [0.2, 0.25) is 0 Å². The van der Waals surface area contributed by atoms with Crippen molar-refractivity contribution < 1.29 is 14.2 Å². The molecule has 0 heterocycles. The Bertz CT molecular complexity index is 432. The van der Waals surface area contributed by atoms with E-state index in [0.717, 1.165) is 18.1 Å². The van der Waals surface area contributed by atoms with E-state index in [1.54, 1.807) is 18.2 Å². The minimum Gasteiger partial charge on any atom is -0.488 e. The molecule has 0 amide bonds. The molecule has 1 aliphatic rings. The highest BCUT2D eigenvalue weighted by molar-refractivity contribution is 7.99. The summed E-state index contributed by atoms with van der Waals surface area (Å²) in [6.07, 6.45) is 6.38. The van der Waals surface area contributed by atoms with Crippen LogP contribution in [0.4, 0.5) is 4.39 Å². The van der Waals surface area contributed by atoms with Crippen molar-refractivity contribution in [2.45, 2.75) is 43.1 Å². The highest BCUT2D eigenvalue weighted by Crippen LogP contribution is 2.26. The molecule has 0 aromatic heterocycles. The number of ether oxygens (including phenoxy) is 1. The van der Waals surface area contributed by atoms with Gasteiger partial charge in [-0.25, -0.2) is 4.39 Å². The number of hydrogen-bond acceptors (Lipinski definition) is 4. The van der Waals surface area contributed by atoms with Crippen molar-refractivity contribution in [2.75, 3.05) is 19.4 Å². The zero-order valence-corrected chi connectivity index (χ0v) is 13.2. The average Bonchev–Trinajstić information content (AvgIpc) is 2.52. The van der Waals surface area contributed by atoms with E-state index in [4.69, 9.17) is 4.74 Å². The van der Waals surface area contributed by atoms with Crippen LogP contribution in [0.5, 0.6) is 5.75 Å². The summed E-state index contributed by atoms with van der Waals surface area (Å²) in [6, 6.07) is 6.72. The molecule has 118 valence electrons. The minimum absolute atomic E-state index is 0.104. The lowest BCUT2D eigenvalue weighted by molar-refractivity contribution is 0.0997. The number of rotatable bonds is 7. The van der Waals surface area contributed by atoms with Gasteiger partial charge in [-0.2, -0.15) is 11.8 Å². The second kappa shape index (κ2) is 8.61. The molecular weight excluding hydrogens is 289 g/mol. The molecule has 3 nitrogen and oxygen atoms in total. The number of benzene rings is 1. The van der Waals surface area contributed by atoms with E-state index in [-0.39, 0.29) is 12.4 Å². The minimum atomic E-state index is -0.626. The van der Waals surface area contributed by atoms with Gasteiger partial charge in [0.05, 0.1) is 0 Å². The maximum atomic E-state index is 13.4. The molecule has 0 aliphatic heterocycles. The van der Waals surface area contributed by atoms with Gasteiger partial charge in [0.25, 0.3) is 0 Å². The molecule has 0 bridgehead atoms. The largest absolute Gasteiger partial charge is 0.488 e. The molecule has 3 unspecified atom stereocenters. The summed E-state index contributed by atoms with van der Waals surface area (Å²) < 4.78 is 18.7. The molecule has 5 heteroatoms. The summed E-state index contributed by atoms with van der Waals surface area (Å²) in [5, 5.41) is 14.1. The topological polar surface area (TPSA) is 41.5 Å². The quantitative estimate of drug-likeness (QED) is 0.812. The Morgan fingerprint density at radius 2 is 2.24 bits per heavy atom. The normalized spacial score (nSPS) is 23.8. The van der Waals surface area contributed by atoms with Crippen molar-refractivity contribution in [1.29, 1.82) is 0 Å². The van der Waals surface area contributed by atoms with Crippen LogP contribution in [0.3, 0.4) is 0 Å². The Hall–Kier alpha value is -0.780. The Balaban J connectivity index is 1.68. The standard InChI is InChI=1S/C16H24FNO2S/c1-21-14-6-4-5-12(9-14)18-10-13(19)11-20-16-8-3-2-7-15(16)17/h2-3,7-8,12-14,18-19H,4-6,9-11H2,1H3. The van der Waals surface area contributed by atoms with Gasteiger partial charge in [0.1, 0.15) is 12.7 Å². The Kier molecular flexibility index (Phi) is 6.80. The lowest BCUT2D eigenvalue weighted by Gasteiger charge is -2.29. The van der Waals surface area contributed by atoms with E-state index in [9.17, 15) is 9.50 Å². The summed E-state index contributed by atoms with van der Waals surface area (Å²) in [6.45, 7) is 0.590. The van der Waals surface area contributed by atoms with Crippen LogP contribution in [-0.2, 0) is 0 Å². The van der Waals surface area contributed by atoms with Crippen LogP contribution >= 0.6 is 11.8 Å². The maximum absolute atomic E-state index is 13.4. The summed E-state index contributed by atoms with van der Waals surface area (Å²) in [4.78, 5) is 0. The highest BCUT2D eigenvalue weighted by atomic mass is 32.2. The van der Waals surface area contributed by atoms with Crippen molar-refractivity contribution in [2.24, 2.45) is 0 Å². The highest BCUT2D eigenvalue weighted by Gasteiger charge is 2.21. The van der Waals surface area contributed by atoms with Gasteiger partial charge in [0.15, 0.2) is 11.6 Å². The fourth-order valence-corrected chi connectivity index (χ4v) is 3.48. The smallest absolute Gasteiger partial charge is 0.165 e. The van der Waals surface area contributed by atoms with Crippen LogP contribution in [0.15, 0.2) is 24.3 Å². The van der Waals surface area contributed by atoms with Gasteiger partial charge >= 0.3 is 0 Å². The van der Waals surface area contributed by atoms with Gasteiger partial charge in [-0.05, 0) is 37.7 Å². The van der Waals surface area contributed by atoms with Gasteiger partial charge in [-0.3, -0.25) is 0 Å². The van der Waals surface area contributed by atoms with Gasteiger partial charge < -0.3 is 15.2 Å². The van der Waals surface area contributed by atoms with Crippen molar-refractivity contribution >= 4 is 11.8 Å². The third-order valence-corrected chi connectivity index (χ3v) is 4.96. The van der Waals surface area contributed by atoms with Gasteiger partial charge in [0, 0.05) is 17.8 Å². The molecule has 2 rings (SSSR count). The summed E-state index contributed by atoms with van der Waals surface area (Å²) in [5.41, 5.74) is 0. The second-order valence-electron chi connectivity index (χ2n) is 5.52. The molecule has 1 aliphatic carbocycles. The average molecular weight is 313 g/mol. The number of nitrogens with one attached hydrogen (secondary N) is 1. The molecule has 2 N–H and O–H groups in total. The Labute approximate surface area is 130 Å². The zero-order valence-electron chi connectivity index (χ0n) is 12.4. The number of aliphatic hydroxyl groups is 1. The molecule has 1 saturated carbocycles. The van der Waals surface area contributed by atoms with Crippen molar-refractivity contribution in [3.63, 3.8) is 0 Å². The predicted molar refractivity (Wildman–Crippen MR) is 85.5 cm³/mol. The van der Waals surface area contributed by atoms with E-state index in [1.165, 1.54) is 18.9 Å². The fourth-order valence-electron chi connectivity index (χ4n) is 2.65. The van der Waals surface area contributed by atoms with Crippen LogP contribution < -0.4 is 10.1 Å². The molecular formula is C16H24FNO2S. The maximum Gasteiger partial charge on any atom is 0.165 e. The van der Waals surface area contributed by atoms with Crippen LogP contribution in [0.1, 0.15) is 25.7 Å². The first-order chi connectivity index (χ1) is 10.2. The number of hydrogen-bond donors (Lipinski definition) is 2. The molecule has 1 aromatic carbocycles. The van der Waals surface area contributed by atoms with E-state index >= 15 is 0 Å². The van der Waals surface area contributed by atoms with E-state index in [0.29, 0.717) is 12.6 Å². The first-order valence-electron chi connectivity index (χ1n) is 7.50. The van der Waals surface area contributed by atoms with Crippen LogP contribution in [-0.4, -0.2) is 41.9 Å². The van der Waals surface area contributed by atoms with Crippen LogP contribution in [0, 0.1) is 5.82 Å². The van der Waals surface area contributed by atoms with E-state index < -0.39 is 11.9 Å². The second-order valence-corrected chi connectivity index (χ2v) is 6.66. The Morgan fingerprint density at radius 1 is 1.43 bits per heavy atom. The Morgan fingerprint density at radius 3 is 3.00 bits per heavy atom. The molecule has 0 saturated heterocycles. The lowest BCUT2D eigenvalue weighted by atomic mass is 9.95. The fraction of sp³-hybridized carbons (Fsp3) is 0.625. The predicted octanol–water partition coefficient (Wildman–Crippen LogP) is 2.83. The third kappa shape index (κ3) is 5.49. The van der Waals surface area contributed by atoms with E-state index in [1.807, 2.05) is 11.8 Å². The molecule has 21 heavy (non-hydrogen) atoms. The van der Waals surface area contributed by atoms with Crippen molar-refractivity contribution in [3.8, 4) is 5.75 Å². The van der Waals surface area contributed by atoms with Crippen molar-refractivity contribution in [3.05, 3.63) is 30.1 Å². The zero-order chi connectivity index (χ0) is 15.1. The summed E-state index contributed by atoms with van der Waals surface area (Å²) >= 11 is 1.92. The number of aliphatic hydroxyl groups excluding tert-OH is 1. The first-order valence-corrected chi connectivity index (χ1v) is 8.79. The van der Waals surface area contributed by atoms with E-state index in [2.05, 4.69) is 11.6 Å². The van der Waals surface area contributed by atoms with Crippen molar-refractivity contribution in [1.82, 2.24) is 5.32 Å². The summed E-state index contributed by atoms with van der Waals surface area (Å²) in [5.74, 6) is -0.204. The summed E-state index contributed by atoms with van der Waals surface area (Å²) in [7, 11) is 0. The lowest BCUT2D eigenvalue weighted by Crippen LogP contribution is -2.41. The molecule has 1 fully saturated rings. The molecule has 0 radical (unpaired) electrons. The van der Waals surface area contributed by atoms with Gasteiger partial charge in [-0.15, -0.1) is 0 Å². The third-order valence-electron chi connectivity index (χ3n) is 3.87. The SMILES string of the molecule is CSC1CCCC(NCC(O)COc2ccccc2F)C1. The first kappa shape index (κ1) is 16.6. The molecule has 0 spiro atoms. The number of thioether (sulfide) groups is 1. The van der Waals surface area contributed by atoms with Gasteiger partial charge in [-0.1, -0.05) is 18.6 Å². The van der Waals surface area contributed by atoms with Crippen LogP contribution in [0.25, 0.3) is 0 Å². The van der Waals surface area contributed by atoms with Gasteiger partial charge in [0.2, 0.25) is 0 Å². The number of halogens is 1. The molecule has 1 aromatic rings.